The molecule has 3 aromatic heterocycles. The number of fused-ring (bicyclic) bond motifs is 2. The lowest BCUT2D eigenvalue weighted by Gasteiger charge is -2.09. The number of hydrogen-bond donors (Lipinski definition) is 1. The van der Waals surface area contributed by atoms with E-state index < -0.39 is 21.8 Å². The predicted octanol–water partition coefficient (Wildman–Crippen LogP) is 3.84. The van der Waals surface area contributed by atoms with Gasteiger partial charge in [-0.2, -0.15) is 13.2 Å². The quantitative estimate of drug-likeness (QED) is 0.400. The van der Waals surface area contributed by atoms with E-state index in [0.29, 0.717) is 34.4 Å². The molecule has 0 saturated carbocycles. The van der Waals surface area contributed by atoms with Crippen LogP contribution in [0, 0.1) is 0 Å². The largest absolute Gasteiger partial charge is 0.417 e. The molecule has 32 heavy (non-hydrogen) atoms. The number of sulfonamides is 1. The zero-order chi connectivity index (χ0) is 23.1. The molecule has 0 bridgehead atoms. The molecule has 0 aliphatic heterocycles. The number of pyridine rings is 1. The van der Waals surface area contributed by atoms with Gasteiger partial charge in [-0.3, -0.25) is 4.40 Å². The number of benzene rings is 1. The fourth-order valence-electron chi connectivity index (χ4n) is 3.28. The normalized spacial score (nSPS) is 12.8. The Kier molecular flexibility index (Phi) is 5.90. The smallest absolute Gasteiger partial charge is 0.327 e. The minimum absolute atomic E-state index is 0.0347. The van der Waals surface area contributed by atoms with Crippen LogP contribution in [0.4, 0.5) is 13.2 Å². The molecule has 8 nitrogen and oxygen atoms in total. The number of halogens is 3. The second kappa shape index (κ2) is 8.37. The predicted molar refractivity (Wildman–Crippen MR) is 114 cm³/mol. The van der Waals surface area contributed by atoms with Crippen LogP contribution in [0.5, 0.6) is 0 Å². The summed E-state index contributed by atoms with van der Waals surface area (Å²) in [5.74, 6) is 0.953. The van der Waals surface area contributed by atoms with Crippen molar-refractivity contribution in [1.29, 1.82) is 0 Å². The van der Waals surface area contributed by atoms with Crippen LogP contribution in [0.1, 0.15) is 31.2 Å². The Balaban J connectivity index is 1.69. The third-order valence-corrected chi connectivity index (χ3v) is 6.74. The summed E-state index contributed by atoms with van der Waals surface area (Å²) in [4.78, 5) is 4.53. The second-order valence-electron chi connectivity index (χ2n) is 7.14. The molecular formula is C19H19F3N6O2S2. The maximum Gasteiger partial charge on any atom is 0.417 e. The Labute approximate surface area is 185 Å². The van der Waals surface area contributed by atoms with E-state index in [1.807, 2.05) is 11.5 Å². The summed E-state index contributed by atoms with van der Waals surface area (Å²) in [5, 5.41) is 13.4. The standard InChI is InChI=1S/C19H19F3N6O2S2/c1-2-3-8-27-15-6-5-13(32(23,29)30)9-14(15)24-17(27)11-31-18-26-25-16-7-4-12(10-28(16)18)19(20,21)22/h4-7,9-10H,2-3,8,11H2,1H3,(H2,23,29,30). The highest BCUT2D eigenvalue weighted by Gasteiger charge is 2.31. The highest BCUT2D eigenvalue weighted by atomic mass is 32.2. The molecule has 170 valence electrons. The first-order chi connectivity index (χ1) is 15.1. The lowest BCUT2D eigenvalue weighted by molar-refractivity contribution is -0.137. The number of imidazole rings is 1. The zero-order valence-electron chi connectivity index (χ0n) is 16.9. The van der Waals surface area contributed by atoms with Gasteiger partial charge in [-0.1, -0.05) is 25.1 Å². The average molecular weight is 485 g/mol. The Bertz CT molecular complexity index is 1400. The molecule has 0 fully saturated rings. The van der Waals surface area contributed by atoms with Crippen molar-refractivity contribution >= 4 is 38.5 Å². The Hall–Kier alpha value is -2.64. The molecule has 0 radical (unpaired) electrons. The first-order valence-electron chi connectivity index (χ1n) is 9.64. The van der Waals surface area contributed by atoms with E-state index in [-0.39, 0.29) is 4.90 Å². The van der Waals surface area contributed by atoms with E-state index in [1.54, 1.807) is 6.07 Å². The summed E-state index contributed by atoms with van der Waals surface area (Å²) < 4.78 is 65.9. The molecule has 2 N–H and O–H groups in total. The van der Waals surface area contributed by atoms with Crippen molar-refractivity contribution in [3.63, 3.8) is 0 Å². The fraction of sp³-hybridized carbons (Fsp3) is 0.316. The molecule has 0 spiro atoms. The molecule has 4 rings (SSSR count). The van der Waals surface area contributed by atoms with Gasteiger partial charge in [-0.05, 0) is 36.8 Å². The fourth-order valence-corrected chi connectivity index (χ4v) is 4.67. The number of unbranched alkanes of at least 4 members (excludes halogenated alkanes) is 1. The molecule has 0 unspecified atom stereocenters. The maximum absolute atomic E-state index is 13.1. The summed E-state index contributed by atoms with van der Waals surface area (Å²) in [7, 11) is -3.87. The third-order valence-electron chi connectivity index (χ3n) is 4.89. The number of thioether (sulfide) groups is 1. The first-order valence-corrected chi connectivity index (χ1v) is 12.2. The van der Waals surface area contributed by atoms with E-state index in [4.69, 9.17) is 5.14 Å². The molecule has 0 aliphatic carbocycles. The van der Waals surface area contributed by atoms with Crippen molar-refractivity contribution in [1.82, 2.24) is 24.1 Å². The monoisotopic (exact) mass is 484 g/mol. The maximum atomic E-state index is 13.1. The van der Waals surface area contributed by atoms with Gasteiger partial charge in [0.25, 0.3) is 0 Å². The number of aromatic nitrogens is 5. The first kappa shape index (κ1) is 22.6. The summed E-state index contributed by atoms with van der Waals surface area (Å²) in [6.45, 7) is 2.71. The molecular weight excluding hydrogens is 465 g/mol. The highest BCUT2D eigenvalue weighted by molar-refractivity contribution is 7.98. The van der Waals surface area contributed by atoms with Gasteiger partial charge in [-0.25, -0.2) is 18.5 Å². The summed E-state index contributed by atoms with van der Waals surface area (Å²) in [6.07, 6.45) is -1.69. The minimum atomic E-state index is -4.48. The zero-order valence-corrected chi connectivity index (χ0v) is 18.5. The van der Waals surface area contributed by atoms with Crippen LogP contribution >= 0.6 is 11.8 Å². The van der Waals surface area contributed by atoms with Gasteiger partial charge < -0.3 is 4.57 Å². The number of alkyl halides is 3. The van der Waals surface area contributed by atoms with Crippen LogP contribution in [0.25, 0.3) is 16.7 Å². The van der Waals surface area contributed by atoms with Gasteiger partial charge in [0.1, 0.15) is 5.82 Å². The average Bonchev–Trinajstić information content (AvgIpc) is 3.29. The Morgan fingerprint density at radius 2 is 1.94 bits per heavy atom. The van der Waals surface area contributed by atoms with Crippen molar-refractivity contribution < 1.29 is 21.6 Å². The summed E-state index contributed by atoms with van der Waals surface area (Å²) in [5.41, 5.74) is 0.746. The Morgan fingerprint density at radius 1 is 1.16 bits per heavy atom. The topological polar surface area (TPSA) is 108 Å². The van der Waals surface area contributed by atoms with Crippen LogP contribution < -0.4 is 5.14 Å². The van der Waals surface area contributed by atoms with Gasteiger partial charge in [0.2, 0.25) is 10.0 Å². The van der Waals surface area contributed by atoms with Gasteiger partial charge >= 0.3 is 6.18 Å². The molecule has 0 aliphatic rings. The van der Waals surface area contributed by atoms with Crippen molar-refractivity contribution in [2.45, 2.75) is 48.3 Å². The van der Waals surface area contributed by atoms with Crippen LogP contribution in [-0.2, 0) is 28.5 Å². The molecule has 3 heterocycles. The van der Waals surface area contributed by atoms with Crippen LogP contribution in [0.2, 0.25) is 0 Å². The van der Waals surface area contributed by atoms with Crippen LogP contribution in [-0.4, -0.2) is 32.6 Å². The minimum Gasteiger partial charge on any atom is -0.327 e. The lowest BCUT2D eigenvalue weighted by atomic mass is 10.3. The van der Waals surface area contributed by atoms with E-state index >= 15 is 0 Å². The number of rotatable bonds is 7. The van der Waals surface area contributed by atoms with Crippen molar-refractivity contribution in [2.24, 2.45) is 5.14 Å². The van der Waals surface area contributed by atoms with Crippen LogP contribution in [0.15, 0.2) is 46.6 Å². The third kappa shape index (κ3) is 4.45. The van der Waals surface area contributed by atoms with Gasteiger partial charge in [0.05, 0.1) is 27.2 Å². The molecule has 0 atom stereocenters. The number of nitrogens with two attached hydrogens (primary N) is 1. The SMILES string of the molecule is CCCCn1c(CSc2nnc3ccc(C(F)(F)F)cn23)nc2cc(S(N)(=O)=O)ccc21. The van der Waals surface area contributed by atoms with E-state index in [1.165, 1.54) is 34.4 Å². The van der Waals surface area contributed by atoms with Crippen molar-refractivity contribution in [3.05, 3.63) is 47.9 Å². The number of nitrogens with zero attached hydrogens (tertiary/aromatic N) is 5. The lowest BCUT2D eigenvalue weighted by Crippen LogP contribution is -2.11. The van der Waals surface area contributed by atoms with Gasteiger partial charge in [0.15, 0.2) is 10.8 Å². The van der Waals surface area contributed by atoms with Crippen LogP contribution in [0.3, 0.4) is 0 Å². The van der Waals surface area contributed by atoms with E-state index in [2.05, 4.69) is 15.2 Å². The molecule has 0 saturated heterocycles. The highest BCUT2D eigenvalue weighted by Crippen LogP contribution is 2.31. The second-order valence-corrected chi connectivity index (χ2v) is 9.65. The molecule has 1 aromatic carbocycles. The van der Waals surface area contributed by atoms with Gasteiger partial charge in [-0.15, -0.1) is 10.2 Å². The number of hydrogen-bond acceptors (Lipinski definition) is 6. The summed E-state index contributed by atoms with van der Waals surface area (Å²) >= 11 is 1.20. The number of primary sulfonamides is 1. The van der Waals surface area contributed by atoms with Gasteiger partial charge in [0, 0.05) is 12.7 Å². The van der Waals surface area contributed by atoms with Crippen molar-refractivity contribution in [2.75, 3.05) is 0 Å². The molecule has 4 aromatic rings. The Morgan fingerprint density at radius 3 is 2.62 bits per heavy atom. The van der Waals surface area contributed by atoms with E-state index in [9.17, 15) is 21.6 Å². The van der Waals surface area contributed by atoms with E-state index in [0.717, 1.165) is 30.6 Å². The number of aryl methyl sites for hydroxylation is 1. The molecule has 13 heteroatoms. The summed E-state index contributed by atoms with van der Waals surface area (Å²) in [6, 6.07) is 6.75. The molecule has 0 amide bonds. The van der Waals surface area contributed by atoms with Crippen molar-refractivity contribution in [3.8, 4) is 0 Å².